The Balaban J connectivity index is 0.00000128. The van der Waals surface area contributed by atoms with Gasteiger partial charge in [-0.05, 0) is 0 Å². The van der Waals surface area contributed by atoms with E-state index < -0.39 is 0 Å². The number of halogens is 1. The van der Waals surface area contributed by atoms with E-state index in [1.165, 1.54) is 21.7 Å². The van der Waals surface area contributed by atoms with Crippen LogP contribution < -0.4 is 4.70 Å². The topological polar surface area (TPSA) is 0 Å². The predicted molar refractivity (Wildman–Crippen MR) is 66.0 cm³/mol. The van der Waals surface area contributed by atoms with Gasteiger partial charge in [-0.2, -0.15) is 0 Å². The number of hydrogen-bond acceptors (Lipinski definition) is 0. The van der Waals surface area contributed by atoms with Crippen LogP contribution in [0.1, 0.15) is 11.1 Å². The third kappa shape index (κ3) is 4.18. The van der Waals surface area contributed by atoms with Crippen molar-refractivity contribution in [1.82, 2.24) is 0 Å². The molecule has 0 atom stereocenters. The normalized spacial score (nSPS) is 9.00. The zero-order valence-electron chi connectivity index (χ0n) is 9.14. The number of benzene rings is 2. The van der Waals surface area contributed by atoms with E-state index >= 15 is 0 Å². The molecule has 0 unspecified atom stereocenters. The third-order valence-corrected chi connectivity index (χ3v) is 3.97. The summed E-state index contributed by atoms with van der Waals surface area (Å²) in [5.74, 6) is 0. The van der Waals surface area contributed by atoms with E-state index in [2.05, 4.69) is 60.7 Å². The van der Waals surface area contributed by atoms with Gasteiger partial charge in [0, 0.05) is 0 Å². The zero-order valence-corrected chi connectivity index (χ0v) is 10.3. The molecule has 0 nitrogen and oxygen atoms in total. The van der Waals surface area contributed by atoms with Gasteiger partial charge in [-0.3, -0.25) is 0 Å². The van der Waals surface area contributed by atoms with Gasteiger partial charge in [0.05, 0.1) is 0 Å². The fourth-order valence-corrected chi connectivity index (χ4v) is 2.99. The van der Waals surface area contributed by atoms with Crippen molar-refractivity contribution in [2.45, 2.75) is 10.6 Å². The van der Waals surface area contributed by atoms with Gasteiger partial charge in [0.1, 0.15) is 0 Å². The second-order valence-corrected chi connectivity index (χ2v) is 5.06. The molecule has 0 fully saturated rings. The van der Waals surface area contributed by atoms with Gasteiger partial charge in [-0.25, -0.2) is 0 Å². The minimum atomic E-state index is 0. The molecule has 0 amide bonds. The van der Waals surface area contributed by atoms with E-state index in [1.807, 2.05) is 0 Å². The van der Waals surface area contributed by atoms with Crippen LogP contribution in [0.3, 0.4) is 0 Å². The Morgan fingerprint density at radius 2 is 1.00 bits per heavy atom. The first-order chi connectivity index (χ1) is 7.45. The molecule has 2 heteroatoms. The van der Waals surface area contributed by atoms with Gasteiger partial charge in [-0.15, -0.1) is 0 Å². The van der Waals surface area contributed by atoms with Crippen molar-refractivity contribution < 1.29 is 4.70 Å². The number of hydrogen-bond donors (Lipinski definition) is 0. The molecule has 80 valence electrons. The first-order valence-corrected chi connectivity index (χ1v) is 6.98. The van der Waals surface area contributed by atoms with Crippen molar-refractivity contribution in [1.29, 1.82) is 0 Å². The molecule has 2 aromatic rings. The van der Waals surface area contributed by atoms with Gasteiger partial charge in [-0.1, -0.05) is 0 Å². The fourth-order valence-electron chi connectivity index (χ4n) is 1.63. The SMILES string of the molecule is [F-].c1ccc([CH2][Al+][CH2]c2ccccc2)cc1. The summed E-state index contributed by atoms with van der Waals surface area (Å²) in [5, 5.41) is 2.52. The van der Waals surface area contributed by atoms with E-state index in [-0.39, 0.29) is 4.70 Å². The van der Waals surface area contributed by atoms with Gasteiger partial charge in [0.25, 0.3) is 0 Å². The van der Waals surface area contributed by atoms with E-state index in [0.717, 1.165) is 0 Å². The molecule has 0 aliphatic rings. The van der Waals surface area contributed by atoms with Crippen molar-refractivity contribution in [3.8, 4) is 0 Å². The summed E-state index contributed by atoms with van der Waals surface area (Å²) in [5.41, 5.74) is 2.95. The molecule has 0 spiro atoms. The van der Waals surface area contributed by atoms with Crippen molar-refractivity contribution >= 4 is 15.2 Å². The Labute approximate surface area is 102 Å². The molecule has 0 heterocycles. The van der Waals surface area contributed by atoms with Crippen LogP contribution in [0.4, 0.5) is 0 Å². The quantitative estimate of drug-likeness (QED) is 0.651. The summed E-state index contributed by atoms with van der Waals surface area (Å²) < 4.78 is 0. The molecule has 2 rings (SSSR count). The Kier molecular flexibility index (Phi) is 5.85. The maximum atomic E-state index is 2.22. The van der Waals surface area contributed by atoms with Gasteiger partial charge in [0.15, 0.2) is 0 Å². The Bertz CT molecular complexity index is 346. The Morgan fingerprint density at radius 1 is 0.625 bits per heavy atom. The first kappa shape index (κ1) is 13.0. The van der Waals surface area contributed by atoms with Crippen LogP contribution in [-0.4, -0.2) is 15.2 Å². The molecule has 0 aliphatic heterocycles. The average Bonchev–Trinajstić information content (AvgIpc) is 2.32. The monoisotopic (exact) mass is 228 g/mol. The van der Waals surface area contributed by atoms with Crippen LogP contribution in [0.25, 0.3) is 0 Å². The third-order valence-electron chi connectivity index (χ3n) is 2.45. The predicted octanol–water partition coefficient (Wildman–Crippen LogP) is 0.0950. The summed E-state index contributed by atoms with van der Waals surface area (Å²) in [6.45, 7) is 0. The van der Waals surface area contributed by atoms with Crippen LogP contribution in [0, 0.1) is 0 Å². The summed E-state index contributed by atoms with van der Waals surface area (Å²) in [6, 6.07) is 21.5. The van der Waals surface area contributed by atoms with Crippen LogP contribution in [0.15, 0.2) is 60.7 Å². The maximum absolute atomic E-state index is 2.22. The fraction of sp³-hybridized carbons (Fsp3) is 0.143. The second kappa shape index (κ2) is 7.22. The van der Waals surface area contributed by atoms with E-state index in [1.54, 1.807) is 0 Å². The average molecular weight is 228 g/mol. The van der Waals surface area contributed by atoms with E-state index in [0.29, 0.717) is 15.2 Å². The molecule has 2 aromatic carbocycles. The van der Waals surface area contributed by atoms with Crippen molar-refractivity contribution in [2.75, 3.05) is 0 Å². The van der Waals surface area contributed by atoms with Gasteiger partial charge < -0.3 is 4.70 Å². The Morgan fingerprint density at radius 3 is 1.38 bits per heavy atom. The molecular weight excluding hydrogens is 214 g/mol. The van der Waals surface area contributed by atoms with E-state index in [4.69, 9.17) is 0 Å². The molecule has 0 saturated heterocycles. The molecule has 0 saturated carbocycles. The summed E-state index contributed by atoms with van der Waals surface area (Å²) >= 11 is 0.501. The zero-order chi connectivity index (χ0) is 10.3. The van der Waals surface area contributed by atoms with Crippen molar-refractivity contribution in [3.05, 3.63) is 71.8 Å². The number of rotatable bonds is 4. The molecule has 0 aromatic heterocycles. The summed E-state index contributed by atoms with van der Waals surface area (Å²) in [4.78, 5) is 0. The van der Waals surface area contributed by atoms with E-state index in [9.17, 15) is 0 Å². The Hall–Kier alpha value is -1.10. The summed E-state index contributed by atoms with van der Waals surface area (Å²) in [7, 11) is 0. The second-order valence-electron chi connectivity index (χ2n) is 3.67. The standard InChI is InChI=1S/2C7H7.Al.FH/c2*1-7-5-3-2-4-6-7;;/h2*2-6H,1H2;;1H/q;;+1;/p-1. The molecule has 16 heavy (non-hydrogen) atoms. The molecular formula is C14H14AlF. The molecule has 0 aliphatic carbocycles. The van der Waals surface area contributed by atoms with Crippen LogP contribution in [-0.2, 0) is 10.6 Å². The van der Waals surface area contributed by atoms with Gasteiger partial charge >= 0.3 is 97.6 Å². The van der Waals surface area contributed by atoms with Crippen molar-refractivity contribution in [3.63, 3.8) is 0 Å². The molecule has 0 bridgehead atoms. The van der Waals surface area contributed by atoms with Crippen molar-refractivity contribution in [2.24, 2.45) is 0 Å². The molecule has 0 N–H and O–H groups in total. The summed E-state index contributed by atoms with van der Waals surface area (Å²) in [6.07, 6.45) is 0. The first-order valence-electron chi connectivity index (χ1n) is 5.34. The van der Waals surface area contributed by atoms with Crippen LogP contribution in [0.2, 0.25) is 0 Å². The molecule has 0 radical (unpaired) electrons. The minimum absolute atomic E-state index is 0. The van der Waals surface area contributed by atoms with Crippen LogP contribution >= 0.6 is 0 Å². The van der Waals surface area contributed by atoms with Crippen LogP contribution in [0.5, 0.6) is 0 Å². The van der Waals surface area contributed by atoms with Gasteiger partial charge in [0.2, 0.25) is 0 Å².